The lowest BCUT2D eigenvalue weighted by Gasteiger charge is -2.22. The molecule has 184 valence electrons. The molecule has 0 unspecified atom stereocenters. The van der Waals surface area contributed by atoms with Gasteiger partial charge in [-0.1, -0.05) is 12.1 Å². The highest BCUT2D eigenvalue weighted by Gasteiger charge is 2.28. The maximum atomic E-state index is 13.7. The van der Waals surface area contributed by atoms with Crippen molar-refractivity contribution in [2.45, 2.75) is 43.8 Å². The smallest absolute Gasteiger partial charge is 0.251 e. The van der Waals surface area contributed by atoms with Gasteiger partial charge in [0.05, 0.1) is 30.5 Å². The van der Waals surface area contributed by atoms with Crippen LogP contribution < -0.4 is 15.4 Å². The van der Waals surface area contributed by atoms with E-state index in [1.54, 1.807) is 36.4 Å². The van der Waals surface area contributed by atoms with Crippen molar-refractivity contribution < 1.29 is 27.2 Å². The number of amides is 2. The van der Waals surface area contributed by atoms with Crippen LogP contribution in [0.1, 0.15) is 41.4 Å². The molecular formula is C25H27N3O6S. The molecule has 1 aliphatic rings. The highest BCUT2D eigenvalue weighted by atomic mass is 32.2. The van der Waals surface area contributed by atoms with E-state index in [4.69, 9.17) is 9.15 Å². The van der Waals surface area contributed by atoms with Crippen LogP contribution >= 0.6 is 0 Å². The molecular weight excluding hydrogens is 470 g/mol. The van der Waals surface area contributed by atoms with Gasteiger partial charge in [0.1, 0.15) is 11.5 Å². The summed E-state index contributed by atoms with van der Waals surface area (Å²) in [5.41, 5.74) is 1.49. The van der Waals surface area contributed by atoms with Crippen molar-refractivity contribution in [3.8, 4) is 5.75 Å². The number of nitrogens with one attached hydrogen (secondary N) is 2. The zero-order valence-corrected chi connectivity index (χ0v) is 20.3. The topological polar surface area (TPSA) is 118 Å². The van der Waals surface area contributed by atoms with Crippen molar-refractivity contribution >= 4 is 27.5 Å². The van der Waals surface area contributed by atoms with Crippen LogP contribution in [0.25, 0.3) is 0 Å². The van der Waals surface area contributed by atoms with E-state index >= 15 is 0 Å². The first-order valence-electron chi connectivity index (χ1n) is 11.1. The van der Waals surface area contributed by atoms with Crippen molar-refractivity contribution in [2.75, 3.05) is 12.4 Å². The lowest BCUT2D eigenvalue weighted by atomic mass is 10.1. The van der Waals surface area contributed by atoms with Crippen LogP contribution in [0.5, 0.6) is 5.75 Å². The maximum Gasteiger partial charge on any atom is 0.251 e. The van der Waals surface area contributed by atoms with Crippen LogP contribution in [0.15, 0.2) is 70.2 Å². The Bertz CT molecular complexity index is 1300. The molecule has 0 atom stereocenters. The molecule has 0 radical (unpaired) electrons. The average Bonchev–Trinajstić information content (AvgIpc) is 3.49. The molecule has 9 nitrogen and oxygen atoms in total. The zero-order valence-electron chi connectivity index (χ0n) is 19.5. The van der Waals surface area contributed by atoms with Crippen LogP contribution in [-0.2, 0) is 27.9 Å². The first kappa shape index (κ1) is 24.5. The van der Waals surface area contributed by atoms with Gasteiger partial charge >= 0.3 is 0 Å². The third-order valence-corrected chi connectivity index (χ3v) is 7.31. The quantitative estimate of drug-likeness (QED) is 0.442. The van der Waals surface area contributed by atoms with Crippen molar-refractivity contribution in [1.82, 2.24) is 9.62 Å². The Kier molecular flexibility index (Phi) is 7.23. The van der Waals surface area contributed by atoms with Gasteiger partial charge < -0.3 is 19.8 Å². The summed E-state index contributed by atoms with van der Waals surface area (Å²) in [6.45, 7) is 1.38. The van der Waals surface area contributed by atoms with E-state index in [1.165, 1.54) is 42.8 Å². The highest BCUT2D eigenvalue weighted by Crippen LogP contribution is 2.30. The SMILES string of the molecule is COc1ccc(S(=O)(=O)N(Cc2ccc(C(=O)NC3CC3)cc2)Cc2ccco2)cc1NC(C)=O. The predicted molar refractivity (Wildman–Crippen MR) is 129 cm³/mol. The molecule has 35 heavy (non-hydrogen) atoms. The summed E-state index contributed by atoms with van der Waals surface area (Å²) in [5.74, 6) is 0.334. The number of hydrogen-bond donors (Lipinski definition) is 2. The van der Waals surface area contributed by atoms with Gasteiger partial charge in [-0.25, -0.2) is 8.42 Å². The molecule has 0 aliphatic heterocycles. The minimum Gasteiger partial charge on any atom is -0.495 e. The lowest BCUT2D eigenvalue weighted by Crippen LogP contribution is -2.30. The number of hydrogen-bond acceptors (Lipinski definition) is 6. The largest absolute Gasteiger partial charge is 0.495 e. The Morgan fingerprint density at radius 1 is 1.09 bits per heavy atom. The van der Waals surface area contributed by atoms with Crippen LogP contribution in [-0.4, -0.2) is 37.7 Å². The molecule has 10 heteroatoms. The maximum absolute atomic E-state index is 13.7. The van der Waals surface area contributed by atoms with Gasteiger partial charge in [-0.05, 0) is 60.9 Å². The molecule has 0 spiro atoms. The highest BCUT2D eigenvalue weighted by molar-refractivity contribution is 7.89. The number of ether oxygens (including phenoxy) is 1. The van der Waals surface area contributed by atoms with Crippen molar-refractivity contribution in [3.05, 3.63) is 77.7 Å². The zero-order chi connectivity index (χ0) is 25.0. The van der Waals surface area contributed by atoms with Gasteiger partial charge in [0.15, 0.2) is 0 Å². The number of rotatable bonds is 10. The molecule has 1 fully saturated rings. The Morgan fingerprint density at radius 3 is 2.43 bits per heavy atom. The van der Waals surface area contributed by atoms with E-state index in [2.05, 4.69) is 10.6 Å². The fourth-order valence-electron chi connectivity index (χ4n) is 3.55. The number of anilines is 1. The standard InChI is InChI=1S/C25H27N3O6S/c1-17(29)26-23-14-22(11-12-24(23)33-2)35(31,32)28(16-21-4-3-13-34-21)15-18-5-7-19(8-6-18)25(30)27-20-9-10-20/h3-8,11-14,20H,9-10,15-16H2,1-2H3,(H,26,29)(H,27,30). The first-order chi connectivity index (χ1) is 16.8. The summed E-state index contributed by atoms with van der Waals surface area (Å²) in [5, 5.41) is 5.54. The number of sulfonamides is 1. The molecule has 1 aliphatic carbocycles. The van der Waals surface area contributed by atoms with E-state index in [1.807, 2.05) is 0 Å². The Labute approximate surface area is 204 Å². The summed E-state index contributed by atoms with van der Waals surface area (Å²) in [6, 6.07) is 14.8. The number of carbonyl (C=O) groups is 2. The number of benzene rings is 2. The molecule has 2 N–H and O–H groups in total. The van der Waals surface area contributed by atoms with Crippen LogP contribution in [0.4, 0.5) is 5.69 Å². The van der Waals surface area contributed by atoms with Crippen molar-refractivity contribution in [1.29, 1.82) is 0 Å². The third-order valence-electron chi connectivity index (χ3n) is 5.52. The van der Waals surface area contributed by atoms with Crippen LogP contribution in [0.3, 0.4) is 0 Å². The van der Waals surface area contributed by atoms with Gasteiger partial charge in [0.2, 0.25) is 15.9 Å². The Morgan fingerprint density at radius 2 is 1.83 bits per heavy atom. The molecule has 0 bridgehead atoms. The van der Waals surface area contributed by atoms with E-state index in [9.17, 15) is 18.0 Å². The monoisotopic (exact) mass is 497 g/mol. The number of carbonyl (C=O) groups excluding carboxylic acids is 2. The van der Waals surface area contributed by atoms with E-state index < -0.39 is 10.0 Å². The lowest BCUT2D eigenvalue weighted by molar-refractivity contribution is -0.114. The summed E-state index contributed by atoms with van der Waals surface area (Å²) in [4.78, 5) is 23.9. The number of furan rings is 1. The van der Waals surface area contributed by atoms with Gasteiger partial charge in [-0.2, -0.15) is 4.31 Å². The molecule has 1 heterocycles. The minimum atomic E-state index is -4.01. The molecule has 1 aromatic heterocycles. The first-order valence-corrected chi connectivity index (χ1v) is 12.6. The minimum absolute atomic E-state index is 0.000744. The van der Waals surface area contributed by atoms with Crippen LogP contribution in [0, 0.1) is 0 Å². The van der Waals surface area contributed by atoms with Crippen LogP contribution in [0.2, 0.25) is 0 Å². The summed E-state index contributed by atoms with van der Waals surface area (Å²) >= 11 is 0. The van der Waals surface area contributed by atoms with Gasteiger partial charge in [0.25, 0.3) is 5.91 Å². The van der Waals surface area contributed by atoms with Crippen molar-refractivity contribution in [3.63, 3.8) is 0 Å². The summed E-state index contributed by atoms with van der Waals surface area (Å²) in [6.07, 6.45) is 3.48. The fourth-order valence-corrected chi connectivity index (χ4v) is 4.97. The van der Waals surface area contributed by atoms with Crippen molar-refractivity contribution in [2.24, 2.45) is 0 Å². The van der Waals surface area contributed by atoms with Gasteiger partial charge in [-0.15, -0.1) is 0 Å². The molecule has 4 rings (SSSR count). The summed E-state index contributed by atoms with van der Waals surface area (Å²) in [7, 11) is -2.57. The molecule has 2 amide bonds. The molecule has 2 aromatic carbocycles. The second kappa shape index (κ2) is 10.3. The Balaban J connectivity index is 1.61. The molecule has 3 aromatic rings. The second-order valence-electron chi connectivity index (χ2n) is 8.34. The average molecular weight is 498 g/mol. The third kappa shape index (κ3) is 6.09. The van der Waals surface area contributed by atoms with Gasteiger partial charge in [0, 0.05) is 25.1 Å². The van der Waals surface area contributed by atoms with E-state index in [0.29, 0.717) is 22.6 Å². The number of nitrogens with zero attached hydrogens (tertiary/aromatic N) is 1. The molecule has 1 saturated carbocycles. The fraction of sp³-hybridized carbons (Fsp3) is 0.280. The Hall–Kier alpha value is -3.63. The van der Waals surface area contributed by atoms with E-state index in [0.717, 1.165) is 12.8 Å². The summed E-state index contributed by atoms with van der Waals surface area (Å²) < 4.78 is 39.3. The molecule has 0 saturated heterocycles. The number of methoxy groups -OCH3 is 1. The van der Waals surface area contributed by atoms with E-state index in [-0.39, 0.29) is 41.5 Å². The van der Waals surface area contributed by atoms with Gasteiger partial charge in [-0.3, -0.25) is 9.59 Å². The second-order valence-corrected chi connectivity index (χ2v) is 10.3. The normalized spacial score (nSPS) is 13.5. The predicted octanol–water partition coefficient (Wildman–Crippen LogP) is 3.53.